The molecule has 0 radical (unpaired) electrons. The molecule has 2 aliphatic rings. The summed E-state index contributed by atoms with van der Waals surface area (Å²) in [4.78, 5) is 29.5. The van der Waals surface area contributed by atoms with Crippen LogP contribution < -0.4 is 5.56 Å². The Morgan fingerprint density at radius 3 is 2.42 bits per heavy atom. The molecule has 2 saturated carbocycles. The Labute approximate surface area is 142 Å². The van der Waals surface area contributed by atoms with Crippen molar-refractivity contribution in [2.75, 3.05) is 0 Å². The summed E-state index contributed by atoms with van der Waals surface area (Å²) in [5.41, 5.74) is 2.24. The molecular formula is C19H25N3O2. The monoisotopic (exact) mass is 327 g/mol. The maximum Gasteiger partial charge on any atom is 0.266 e. The van der Waals surface area contributed by atoms with Crippen LogP contribution in [0.3, 0.4) is 0 Å². The summed E-state index contributed by atoms with van der Waals surface area (Å²) >= 11 is 0. The number of pyridine rings is 1. The second-order valence-electron chi connectivity index (χ2n) is 7.14. The van der Waals surface area contributed by atoms with E-state index in [1.54, 1.807) is 6.92 Å². The molecule has 0 aromatic carbocycles. The number of carbonyl (C=O) groups excluding carboxylic acids is 1. The molecule has 0 unspecified atom stereocenters. The zero-order chi connectivity index (χ0) is 17.3. The molecule has 0 aliphatic heterocycles. The first-order chi connectivity index (χ1) is 11.5. The molecule has 1 N–H and O–H groups in total. The fourth-order valence-electron chi connectivity index (χ4n) is 4.02. The number of amides is 1. The fraction of sp³-hybridized carbons (Fsp3) is 0.632. The number of nitrogens with one attached hydrogen (secondary N) is 1. The van der Waals surface area contributed by atoms with Gasteiger partial charge in [-0.2, -0.15) is 5.26 Å². The van der Waals surface area contributed by atoms with Crippen molar-refractivity contribution in [2.45, 2.75) is 77.3 Å². The number of hydrogen-bond acceptors (Lipinski definition) is 3. The highest BCUT2D eigenvalue weighted by atomic mass is 16.2. The predicted octanol–water partition coefficient (Wildman–Crippen LogP) is 2.73. The highest BCUT2D eigenvalue weighted by Crippen LogP contribution is 2.35. The molecule has 3 rings (SSSR count). The lowest BCUT2D eigenvalue weighted by Crippen LogP contribution is -2.40. The van der Waals surface area contributed by atoms with Crippen LogP contribution in [0, 0.1) is 25.2 Å². The van der Waals surface area contributed by atoms with Gasteiger partial charge < -0.3 is 9.88 Å². The third kappa shape index (κ3) is 3.24. The van der Waals surface area contributed by atoms with E-state index < -0.39 is 0 Å². The van der Waals surface area contributed by atoms with Gasteiger partial charge in [-0.3, -0.25) is 9.59 Å². The van der Waals surface area contributed by atoms with Crippen LogP contribution in [0.5, 0.6) is 0 Å². The van der Waals surface area contributed by atoms with Crippen LogP contribution in [0.25, 0.3) is 0 Å². The summed E-state index contributed by atoms with van der Waals surface area (Å²) in [7, 11) is 0. The van der Waals surface area contributed by atoms with E-state index in [2.05, 4.69) is 9.88 Å². The van der Waals surface area contributed by atoms with Crippen molar-refractivity contribution in [1.29, 1.82) is 5.26 Å². The van der Waals surface area contributed by atoms with Crippen molar-refractivity contribution in [3.8, 4) is 6.07 Å². The molecule has 0 atom stereocenters. The number of aryl methyl sites for hydroxylation is 1. The third-order valence-electron chi connectivity index (χ3n) is 5.46. The summed E-state index contributed by atoms with van der Waals surface area (Å²) in [6.45, 7) is 3.64. The van der Waals surface area contributed by atoms with Crippen molar-refractivity contribution in [1.82, 2.24) is 9.88 Å². The Morgan fingerprint density at radius 2 is 1.83 bits per heavy atom. The number of carbonyl (C=O) groups is 1. The van der Waals surface area contributed by atoms with E-state index >= 15 is 0 Å². The minimum absolute atomic E-state index is 0.165. The molecule has 1 aromatic heterocycles. The first-order valence-corrected chi connectivity index (χ1v) is 8.96. The second-order valence-corrected chi connectivity index (χ2v) is 7.14. The van der Waals surface area contributed by atoms with Gasteiger partial charge in [0.1, 0.15) is 11.6 Å². The van der Waals surface area contributed by atoms with Crippen LogP contribution in [0.4, 0.5) is 0 Å². The summed E-state index contributed by atoms with van der Waals surface area (Å²) in [5.74, 6) is 0.230. The fourth-order valence-corrected chi connectivity index (χ4v) is 4.02. The van der Waals surface area contributed by atoms with Gasteiger partial charge in [0, 0.05) is 24.2 Å². The molecule has 1 heterocycles. The smallest absolute Gasteiger partial charge is 0.266 e. The molecule has 5 heteroatoms. The average Bonchev–Trinajstić information content (AvgIpc) is 3.21. The molecule has 2 fully saturated rings. The van der Waals surface area contributed by atoms with E-state index in [1.165, 1.54) is 12.8 Å². The van der Waals surface area contributed by atoms with Crippen molar-refractivity contribution in [3.63, 3.8) is 0 Å². The molecule has 1 aromatic rings. The molecular weight excluding hydrogens is 302 g/mol. The third-order valence-corrected chi connectivity index (χ3v) is 5.46. The van der Waals surface area contributed by atoms with E-state index in [1.807, 2.05) is 13.0 Å². The summed E-state index contributed by atoms with van der Waals surface area (Å²) in [6.07, 6.45) is 8.03. The number of rotatable bonds is 5. The van der Waals surface area contributed by atoms with Crippen LogP contribution in [0.15, 0.2) is 4.79 Å². The van der Waals surface area contributed by atoms with Gasteiger partial charge in [0.15, 0.2) is 0 Å². The number of hydrogen-bond donors (Lipinski definition) is 1. The number of nitriles is 1. The second kappa shape index (κ2) is 6.80. The van der Waals surface area contributed by atoms with E-state index in [4.69, 9.17) is 5.26 Å². The van der Waals surface area contributed by atoms with Crippen LogP contribution in [-0.2, 0) is 11.2 Å². The SMILES string of the molecule is Cc1[nH]c(=O)c(C#N)c(C)c1CCC(=O)N(C1CCCC1)C1CC1. The Balaban J connectivity index is 1.74. The van der Waals surface area contributed by atoms with Crippen LogP contribution in [0.1, 0.15) is 67.3 Å². The normalized spacial score (nSPS) is 17.7. The minimum atomic E-state index is -0.340. The average molecular weight is 327 g/mol. The number of nitrogens with zero attached hydrogens (tertiary/aromatic N) is 2. The first-order valence-electron chi connectivity index (χ1n) is 8.96. The van der Waals surface area contributed by atoms with Gasteiger partial charge in [0.05, 0.1) is 0 Å². The van der Waals surface area contributed by atoms with E-state index in [9.17, 15) is 9.59 Å². The van der Waals surface area contributed by atoms with Gasteiger partial charge in [-0.15, -0.1) is 0 Å². The van der Waals surface area contributed by atoms with Gasteiger partial charge >= 0.3 is 0 Å². The minimum Gasteiger partial charge on any atom is -0.337 e. The zero-order valence-corrected chi connectivity index (χ0v) is 14.5. The largest absolute Gasteiger partial charge is 0.337 e. The molecule has 5 nitrogen and oxygen atoms in total. The van der Waals surface area contributed by atoms with Crippen LogP contribution in [0.2, 0.25) is 0 Å². The summed E-state index contributed by atoms with van der Waals surface area (Å²) < 4.78 is 0. The number of H-pyrrole nitrogens is 1. The van der Waals surface area contributed by atoms with Crippen LogP contribution in [-0.4, -0.2) is 27.9 Å². The molecule has 0 bridgehead atoms. The topological polar surface area (TPSA) is 77.0 Å². The van der Waals surface area contributed by atoms with Crippen LogP contribution >= 0.6 is 0 Å². The molecule has 24 heavy (non-hydrogen) atoms. The summed E-state index contributed by atoms with van der Waals surface area (Å²) in [6, 6.07) is 2.86. The zero-order valence-electron chi connectivity index (χ0n) is 14.5. The summed E-state index contributed by atoms with van der Waals surface area (Å²) in [5, 5.41) is 9.16. The maximum absolute atomic E-state index is 12.8. The van der Waals surface area contributed by atoms with Crippen molar-refractivity contribution >= 4 is 5.91 Å². The first kappa shape index (κ1) is 16.8. The Bertz CT molecular complexity index is 734. The Hall–Kier alpha value is -2.09. The molecule has 1 amide bonds. The molecule has 0 saturated heterocycles. The van der Waals surface area contributed by atoms with Gasteiger partial charge in [-0.1, -0.05) is 12.8 Å². The van der Waals surface area contributed by atoms with Gasteiger partial charge in [-0.25, -0.2) is 0 Å². The Kier molecular flexibility index (Phi) is 4.75. The van der Waals surface area contributed by atoms with Gasteiger partial charge in [-0.05, 0) is 57.1 Å². The molecule has 128 valence electrons. The Morgan fingerprint density at radius 1 is 1.21 bits per heavy atom. The van der Waals surface area contributed by atoms with Gasteiger partial charge in [0.25, 0.3) is 5.56 Å². The lowest BCUT2D eigenvalue weighted by Gasteiger charge is -2.29. The lowest BCUT2D eigenvalue weighted by atomic mass is 9.98. The predicted molar refractivity (Wildman–Crippen MR) is 91.7 cm³/mol. The van der Waals surface area contributed by atoms with Crippen molar-refractivity contribution in [3.05, 3.63) is 32.7 Å². The highest BCUT2D eigenvalue weighted by molar-refractivity contribution is 5.77. The number of aromatic amines is 1. The van der Waals surface area contributed by atoms with E-state index in [0.29, 0.717) is 30.5 Å². The maximum atomic E-state index is 12.8. The van der Waals surface area contributed by atoms with E-state index in [-0.39, 0.29) is 17.0 Å². The molecule has 0 spiro atoms. The lowest BCUT2D eigenvalue weighted by molar-refractivity contribution is -0.134. The molecule has 2 aliphatic carbocycles. The standard InChI is InChI=1S/C19H25N3O2/c1-12-16(13(2)21-19(24)17(12)11-20)9-10-18(23)22(15-7-8-15)14-5-3-4-6-14/h14-15H,3-10H2,1-2H3,(H,21,24). The van der Waals surface area contributed by atoms with Crippen molar-refractivity contribution in [2.24, 2.45) is 0 Å². The van der Waals surface area contributed by atoms with E-state index in [0.717, 1.165) is 36.9 Å². The highest BCUT2D eigenvalue weighted by Gasteiger charge is 2.37. The quantitative estimate of drug-likeness (QED) is 0.903. The van der Waals surface area contributed by atoms with Gasteiger partial charge in [0.2, 0.25) is 5.91 Å². The number of aromatic nitrogens is 1. The van der Waals surface area contributed by atoms with Crippen molar-refractivity contribution < 1.29 is 4.79 Å².